The Labute approximate surface area is 119 Å². The minimum atomic E-state index is -7.20. The van der Waals surface area contributed by atoms with Gasteiger partial charge in [0, 0.05) is 0 Å². The highest BCUT2D eigenvalue weighted by Gasteiger charge is 2.83. The first-order chi connectivity index (χ1) is 9.55. The highest BCUT2D eigenvalue weighted by Crippen LogP contribution is 2.54. The summed E-state index contributed by atoms with van der Waals surface area (Å²) in [4.78, 5) is 9.02. The topological polar surface area (TPSA) is 43.4 Å². The van der Waals surface area contributed by atoms with Gasteiger partial charge in [-0.05, 0) is 6.92 Å². The van der Waals surface area contributed by atoms with Gasteiger partial charge in [-0.15, -0.1) is 0 Å². The molecule has 0 aliphatic carbocycles. The third-order valence-electron chi connectivity index (χ3n) is 2.08. The first kappa shape index (κ1) is 20.7. The molecule has 0 heterocycles. The summed E-state index contributed by atoms with van der Waals surface area (Å²) in [5.41, 5.74) is 0. The van der Waals surface area contributed by atoms with E-state index < -0.39 is 51.6 Å². The van der Waals surface area contributed by atoms with Crippen LogP contribution in [0.3, 0.4) is 0 Å². The Kier molecular flexibility index (Phi) is 5.73. The van der Waals surface area contributed by atoms with E-state index in [-0.39, 0.29) is 0 Å². The molecule has 22 heavy (non-hydrogen) atoms. The van der Waals surface area contributed by atoms with Crippen LogP contribution in [0.25, 0.3) is 0 Å². The van der Waals surface area contributed by atoms with Crippen molar-refractivity contribution in [1.82, 2.24) is 0 Å². The molecule has 0 aliphatic heterocycles. The number of carbonyl (C=O) groups is 1. The summed E-state index contributed by atoms with van der Waals surface area (Å²) in [5.74, 6) is -16.2. The molecule has 0 radical (unpaired) electrons. The molecule has 13 heteroatoms. The summed E-state index contributed by atoms with van der Waals surface area (Å²) in [6, 6.07) is 0. The Morgan fingerprint density at radius 2 is 1.41 bits per heavy atom. The fourth-order valence-corrected chi connectivity index (χ4v) is 1.80. The molecule has 0 fully saturated rings. The van der Waals surface area contributed by atoms with E-state index in [9.17, 15) is 48.5 Å². The largest absolute Gasteiger partial charge is 0.462 e. The molecule has 0 saturated heterocycles. The second kappa shape index (κ2) is 6.08. The van der Waals surface area contributed by atoms with Gasteiger partial charge in [-0.1, -0.05) is 6.58 Å². The maximum absolute atomic E-state index is 13.2. The molecule has 0 bridgehead atoms. The van der Waals surface area contributed by atoms with Crippen LogP contribution in [0.5, 0.6) is 0 Å². The number of ether oxygens (including phenoxy) is 1. The van der Waals surface area contributed by atoms with Crippen molar-refractivity contribution < 1.29 is 53.3 Å². The van der Waals surface area contributed by atoms with Gasteiger partial charge in [0.15, 0.2) is 0 Å². The van der Waals surface area contributed by atoms with Gasteiger partial charge < -0.3 is 4.74 Å². The molecular weight excluding hydrogens is 359 g/mol. The summed E-state index contributed by atoms with van der Waals surface area (Å²) in [5, 5.41) is -6.43. The molecule has 1 atom stereocenters. The zero-order valence-electron chi connectivity index (χ0n) is 10.4. The standard InChI is InChI=1S/C9H7F9O3S/c1-3-21-5(19)4(2)22(20)9(17,18)7(12,13)6(10,11)8(14,15)16/h2-3H2,1H3/t22-/m0/s1. The van der Waals surface area contributed by atoms with Gasteiger partial charge in [-0.2, -0.15) is 39.5 Å². The molecule has 0 rings (SSSR count). The number of alkyl halides is 9. The fourth-order valence-electron chi connectivity index (χ4n) is 0.919. The van der Waals surface area contributed by atoms with E-state index >= 15 is 0 Å². The molecule has 3 nitrogen and oxygen atoms in total. The minimum absolute atomic E-state index is 0.504. The molecule has 0 aromatic carbocycles. The van der Waals surface area contributed by atoms with Gasteiger partial charge in [-0.3, -0.25) is 0 Å². The van der Waals surface area contributed by atoms with E-state index in [1.807, 2.05) is 0 Å². The lowest BCUT2D eigenvalue weighted by Gasteiger charge is -2.32. The third-order valence-corrected chi connectivity index (χ3v) is 3.41. The number of halogens is 9. The molecule has 0 saturated carbocycles. The molecule has 0 aliphatic rings. The second-order valence-electron chi connectivity index (χ2n) is 3.58. The van der Waals surface area contributed by atoms with Crippen molar-refractivity contribution in [3.8, 4) is 0 Å². The second-order valence-corrected chi connectivity index (χ2v) is 5.12. The van der Waals surface area contributed by atoms with Crippen LogP contribution in [-0.4, -0.2) is 40.1 Å². The lowest BCUT2D eigenvalue weighted by Crippen LogP contribution is -2.62. The van der Waals surface area contributed by atoms with Crippen molar-refractivity contribution >= 4 is 16.8 Å². The predicted molar refractivity (Wildman–Crippen MR) is 54.8 cm³/mol. The lowest BCUT2D eigenvalue weighted by atomic mass is 10.1. The smallest absolute Gasteiger partial charge is 0.460 e. The fraction of sp³-hybridized carbons (Fsp3) is 0.667. The number of esters is 1. The molecule has 0 aromatic heterocycles. The van der Waals surface area contributed by atoms with Crippen LogP contribution in [0.15, 0.2) is 11.5 Å². The van der Waals surface area contributed by atoms with E-state index in [1.54, 1.807) is 0 Å². The first-order valence-electron chi connectivity index (χ1n) is 5.03. The van der Waals surface area contributed by atoms with Gasteiger partial charge >= 0.3 is 29.2 Å². The van der Waals surface area contributed by atoms with E-state index in [4.69, 9.17) is 0 Å². The van der Waals surface area contributed by atoms with Gasteiger partial charge in [0.2, 0.25) is 0 Å². The maximum Gasteiger partial charge on any atom is 0.460 e. The average molecular weight is 366 g/mol. The molecular formula is C9H7F9O3S. The number of hydrogen-bond acceptors (Lipinski definition) is 3. The lowest BCUT2D eigenvalue weighted by molar-refractivity contribution is -0.381. The summed E-state index contributed by atoms with van der Waals surface area (Å²) >= 11 is 0. The quantitative estimate of drug-likeness (QED) is 0.412. The molecule has 0 unspecified atom stereocenters. The molecule has 0 aromatic rings. The summed E-state index contributed by atoms with van der Waals surface area (Å²) in [6.45, 7) is 3.00. The van der Waals surface area contributed by atoms with E-state index in [0.29, 0.717) is 0 Å². The summed E-state index contributed by atoms with van der Waals surface area (Å²) < 4.78 is 128. The van der Waals surface area contributed by atoms with E-state index in [0.717, 1.165) is 6.92 Å². The Hall–Kier alpha value is -1.27. The van der Waals surface area contributed by atoms with Crippen molar-refractivity contribution in [2.75, 3.05) is 6.61 Å². The maximum atomic E-state index is 13.2. The van der Waals surface area contributed by atoms with Crippen molar-refractivity contribution in [2.24, 2.45) is 0 Å². The number of rotatable bonds is 6. The van der Waals surface area contributed by atoms with Crippen LogP contribution < -0.4 is 0 Å². The van der Waals surface area contributed by atoms with Crippen LogP contribution in [0.2, 0.25) is 0 Å². The van der Waals surface area contributed by atoms with Crippen LogP contribution >= 0.6 is 0 Å². The minimum Gasteiger partial charge on any atom is -0.462 e. The van der Waals surface area contributed by atoms with Crippen LogP contribution in [-0.2, 0) is 20.3 Å². The van der Waals surface area contributed by atoms with Gasteiger partial charge in [0.05, 0.1) is 6.61 Å². The third kappa shape index (κ3) is 3.22. The first-order valence-corrected chi connectivity index (χ1v) is 6.18. The normalized spacial score (nSPS) is 15.4. The molecule has 130 valence electrons. The monoisotopic (exact) mass is 366 g/mol. The average Bonchev–Trinajstić information content (AvgIpc) is 2.35. The van der Waals surface area contributed by atoms with E-state index in [2.05, 4.69) is 11.3 Å². The molecule has 0 N–H and O–H groups in total. The number of hydrogen-bond donors (Lipinski definition) is 0. The predicted octanol–water partition coefficient (Wildman–Crippen LogP) is 3.24. The SMILES string of the molecule is C=C(C(=O)OCC)[S@](=O)C(F)(F)C(F)(F)C(F)(F)C(F)(F)F. The Bertz CT molecular complexity index is 483. The van der Waals surface area contributed by atoms with Crippen molar-refractivity contribution in [1.29, 1.82) is 0 Å². The Balaban J connectivity index is 5.77. The van der Waals surface area contributed by atoms with Crippen molar-refractivity contribution in [3.05, 3.63) is 11.5 Å². The Morgan fingerprint density at radius 3 is 1.73 bits per heavy atom. The van der Waals surface area contributed by atoms with Gasteiger partial charge in [0.1, 0.15) is 15.7 Å². The molecule has 0 spiro atoms. The number of carbonyl (C=O) groups excluding carboxylic acids is 1. The Morgan fingerprint density at radius 1 is 1.00 bits per heavy atom. The summed E-state index contributed by atoms with van der Waals surface area (Å²) in [7, 11) is -4.59. The van der Waals surface area contributed by atoms with Gasteiger partial charge in [-0.25, -0.2) is 9.00 Å². The highest BCUT2D eigenvalue weighted by molar-refractivity contribution is 7.91. The summed E-state index contributed by atoms with van der Waals surface area (Å²) in [6.07, 6.45) is -7.05. The van der Waals surface area contributed by atoms with Crippen molar-refractivity contribution in [2.45, 2.75) is 30.2 Å². The van der Waals surface area contributed by atoms with Crippen LogP contribution in [0, 0.1) is 0 Å². The highest BCUT2D eigenvalue weighted by atomic mass is 32.2. The zero-order valence-corrected chi connectivity index (χ0v) is 11.3. The van der Waals surface area contributed by atoms with Crippen LogP contribution in [0.1, 0.15) is 6.92 Å². The van der Waals surface area contributed by atoms with E-state index in [1.165, 1.54) is 0 Å². The van der Waals surface area contributed by atoms with Crippen molar-refractivity contribution in [3.63, 3.8) is 0 Å². The van der Waals surface area contributed by atoms with Gasteiger partial charge in [0.25, 0.3) is 0 Å². The van der Waals surface area contributed by atoms with Crippen LogP contribution in [0.4, 0.5) is 39.5 Å². The molecule has 0 amide bonds. The zero-order chi connectivity index (χ0) is 18.1.